The Morgan fingerprint density at radius 2 is 1.68 bits per heavy atom. The SMILES string of the molecule is Cc1ccc(C(=O)c2cc(N)cc(C)c2F)c(C)c1. The largest absolute Gasteiger partial charge is 0.399 e. The van der Waals surface area contributed by atoms with Crippen LogP contribution in [0.1, 0.15) is 32.6 Å². The number of ketones is 1. The van der Waals surface area contributed by atoms with Crippen molar-refractivity contribution < 1.29 is 9.18 Å². The fourth-order valence-corrected chi connectivity index (χ4v) is 2.18. The van der Waals surface area contributed by atoms with Crippen molar-refractivity contribution in [2.24, 2.45) is 0 Å². The number of benzene rings is 2. The van der Waals surface area contributed by atoms with Gasteiger partial charge in [-0.05, 0) is 44.0 Å². The van der Waals surface area contributed by atoms with Crippen LogP contribution in [0.2, 0.25) is 0 Å². The lowest BCUT2D eigenvalue weighted by Gasteiger charge is -2.09. The van der Waals surface area contributed by atoms with Crippen molar-refractivity contribution in [3.63, 3.8) is 0 Å². The van der Waals surface area contributed by atoms with Crippen LogP contribution in [0.4, 0.5) is 10.1 Å². The van der Waals surface area contributed by atoms with Gasteiger partial charge in [-0.3, -0.25) is 4.79 Å². The summed E-state index contributed by atoms with van der Waals surface area (Å²) >= 11 is 0. The van der Waals surface area contributed by atoms with E-state index in [0.717, 1.165) is 11.1 Å². The minimum Gasteiger partial charge on any atom is -0.399 e. The molecule has 0 heterocycles. The summed E-state index contributed by atoms with van der Waals surface area (Å²) in [6.07, 6.45) is 0. The second kappa shape index (κ2) is 4.84. The monoisotopic (exact) mass is 257 g/mol. The molecule has 0 fully saturated rings. The van der Waals surface area contributed by atoms with Gasteiger partial charge in [0.25, 0.3) is 0 Å². The van der Waals surface area contributed by atoms with E-state index in [1.54, 1.807) is 13.0 Å². The predicted octanol–water partition coefficient (Wildman–Crippen LogP) is 3.56. The van der Waals surface area contributed by atoms with Crippen molar-refractivity contribution in [1.82, 2.24) is 0 Å². The number of carbonyl (C=O) groups is 1. The molecular weight excluding hydrogens is 241 g/mol. The van der Waals surface area contributed by atoms with Crippen molar-refractivity contribution >= 4 is 11.5 Å². The first-order chi connectivity index (χ1) is 8.90. The van der Waals surface area contributed by atoms with Crippen LogP contribution < -0.4 is 5.73 Å². The minimum absolute atomic E-state index is 0.0319. The molecular formula is C16H16FNO. The molecule has 0 aliphatic rings. The third kappa shape index (κ3) is 2.50. The quantitative estimate of drug-likeness (QED) is 0.660. The number of aryl methyl sites for hydroxylation is 3. The van der Waals surface area contributed by atoms with Crippen molar-refractivity contribution in [3.8, 4) is 0 Å². The molecule has 0 amide bonds. The van der Waals surface area contributed by atoms with Crippen molar-refractivity contribution in [2.75, 3.05) is 5.73 Å². The van der Waals surface area contributed by atoms with Crippen molar-refractivity contribution in [2.45, 2.75) is 20.8 Å². The molecule has 0 spiro atoms. The van der Waals surface area contributed by atoms with Gasteiger partial charge in [0.1, 0.15) is 5.82 Å². The molecule has 0 saturated carbocycles. The van der Waals surface area contributed by atoms with Gasteiger partial charge in [0.15, 0.2) is 5.78 Å². The summed E-state index contributed by atoms with van der Waals surface area (Å²) in [5.74, 6) is -0.829. The number of hydrogen-bond donors (Lipinski definition) is 1. The molecule has 0 saturated heterocycles. The summed E-state index contributed by atoms with van der Waals surface area (Å²) < 4.78 is 14.1. The molecule has 2 rings (SSSR count). The normalized spacial score (nSPS) is 10.5. The Bertz CT molecular complexity index is 662. The molecule has 0 aliphatic heterocycles. The number of halogens is 1. The molecule has 0 atom stereocenters. The molecule has 3 heteroatoms. The van der Waals surface area contributed by atoms with E-state index in [0.29, 0.717) is 16.8 Å². The number of hydrogen-bond acceptors (Lipinski definition) is 2. The molecule has 0 aromatic heterocycles. The van der Waals surface area contributed by atoms with Gasteiger partial charge in [0, 0.05) is 11.3 Å². The predicted molar refractivity (Wildman–Crippen MR) is 74.9 cm³/mol. The summed E-state index contributed by atoms with van der Waals surface area (Å²) in [7, 11) is 0. The topological polar surface area (TPSA) is 43.1 Å². The average Bonchev–Trinajstić information content (AvgIpc) is 2.33. The Morgan fingerprint density at radius 3 is 2.32 bits per heavy atom. The van der Waals surface area contributed by atoms with Crippen LogP contribution in [0, 0.1) is 26.6 Å². The molecule has 98 valence electrons. The maximum atomic E-state index is 14.1. The third-order valence-electron chi connectivity index (χ3n) is 3.15. The van der Waals surface area contributed by atoms with Crippen LogP contribution in [0.15, 0.2) is 30.3 Å². The summed E-state index contributed by atoms with van der Waals surface area (Å²) in [5, 5.41) is 0. The lowest BCUT2D eigenvalue weighted by Crippen LogP contribution is -2.08. The smallest absolute Gasteiger partial charge is 0.196 e. The van der Waals surface area contributed by atoms with E-state index < -0.39 is 5.82 Å². The average molecular weight is 257 g/mol. The van der Waals surface area contributed by atoms with Gasteiger partial charge in [-0.25, -0.2) is 4.39 Å². The Morgan fingerprint density at radius 1 is 1.00 bits per heavy atom. The lowest BCUT2D eigenvalue weighted by molar-refractivity contribution is 0.103. The maximum Gasteiger partial charge on any atom is 0.196 e. The van der Waals surface area contributed by atoms with Crippen LogP contribution in [0.5, 0.6) is 0 Å². The van der Waals surface area contributed by atoms with E-state index in [-0.39, 0.29) is 11.3 Å². The van der Waals surface area contributed by atoms with Gasteiger partial charge in [-0.2, -0.15) is 0 Å². The van der Waals surface area contributed by atoms with Gasteiger partial charge in [0.05, 0.1) is 5.56 Å². The summed E-state index contributed by atoms with van der Waals surface area (Å²) in [5.41, 5.74) is 8.91. The lowest BCUT2D eigenvalue weighted by atomic mass is 9.96. The van der Waals surface area contributed by atoms with Crippen LogP contribution in [0.25, 0.3) is 0 Å². The Labute approximate surface area is 112 Å². The highest BCUT2D eigenvalue weighted by atomic mass is 19.1. The number of nitrogens with two attached hydrogens (primary N) is 1. The summed E-state index contributed by atoms with van der Waals surface area (Å²) in [6.45, 7) is 5.40. The number of nitrogen functional groups attached to an aromatic ring is 1. The summed E-state index contributed by atoms with van der Waals surface area (Å²) in [6, 6.07) is 8.39. The van der Waals surface area contributed by atoms with Gasteiger partial charge < -0.3 is 5.73 Å². The number of rotatable bonds is 2. The second-order valence-corrected chi connectivity index (χ2v) is 4.85. The van der Waals surface area contributed by atoms with E-state index in [2.05, 4.69) is 0 Å². The highest BCUT2D eigenvalue weighted by molar-refractivity contribution is 6.10. The van der Waals surface area contributed by atoms with Gasteiger partial charge >= 0.3 is 0 Å². The van der Waals surface area contributed by atoms with Crippen LogP contribution >= 0.6 is 0 Å². The molecule has 0 unspecified atom stereocenters. The zero-order chi connectivity index (χ0) is 14.2. The fourth-order valence-electron chi connectivity index (χ4n) is 2.18. The first-order valence-corrected chi connectivity index (χ1v) is 6.07. The highest BCUT2D eigenvalue weighted by Gasteiger charge is 2.18. The molecule has 2 aromatic carbocycles. The van der Waals surface area contributed by atoms with Crippen LogP contribution in [-0.2, 0) is 0 Å². The van der Waals surface area contributed by atoms with Gasteiger partial charge in [-0.1, -0.05) is 23.8 Å². The Balaban J connectivity index is 2.56. The van der Waals surface area contributed by atoms with Crippen LogP contribution in [0.3, 0.4) is 0 Å². The zero-order valence-electron chi connectivity index (χ0n) is 11.3. The maximum absolute atomic E-state index is 14.1. The second-order valence-electron chi connectivity index (χ2n) is 4.85. The standard InChI is InChI=1S/C16H16FNO/c1-9-4-5-13(10(2)6-9)16(19)14-8-12(18)7-11(3)15(14)17/h4-8H,18H2,1-3H3. The van der Waals surface area contributed by atoms with E-state index in [1.807, 2.05) is 26.0 Å². The van der Waals surface area contributed by atoms with Crippen molar-refractivity contribution in [3.05, 3.63) is 64.0 Å². The third-order valence-corrected chi connectivity index (χ3v) is 3.15. The molecule has 2 N–H and O–H groups in total. The summed E-state index contributed by atoms with van der Waals surface area (Å²) in [4.78, 5) is 12.4. The number of carbonyl (C=O) groups excluding carboxylic acids is 1. The Hall–Kier alpha value is -2.16. The molecule has 0 aliphatic carbocycles. The zero-order valence-corrected chi connectivity index (χ0v) is 11.3. The van der Waals surface area contributed by atoms with Gasteiger partial charge in [-0.15, -0.1) is 0 Å². The molecule has 19 heavy (non-hydrogen) atoms. The fraction of sp³-hybridized carbons (Fsp3) is 0.188. The molecule has 0 radical (unpaired) electrons. The molecule has 2 aromatic rings. The Kier molecular flexibility index (Phi) is 3.38. The van der Waals surface area contributed by atoms with Gasteiger partial charge in [0.2, 0.25) is 0 Å². The van der Waals surface area contributed by atoms with E-state index in [4.69, 9.17) is 5.73 Å². The number of anilines is 1. The highest BCUT2D eigenvalue weighted by Crippen LogP contribution is 2.22. The van der Waals surface area contributed by atoms with Crippen molar-refractivity contribution in [1.29, 1.82) is 0 Å². The minimum atomic E-state index is -0.501. The molecule has 2 nitrogen and oxygen atoms in total. The first kappa shape index (κ1) is 13.3. The first-order valence-electron chi connectivity index (χ1n) is 6.07. The van der Waals surface area contributed by atoms with E-state index >= 15 is 0 Å². The van der Waals surface area contributed by atoms with E-state index in [1.165, 1.54) is 12.1 Å². The van der Waals surface area contributed by atoms with E-state index in [9.17, 15) is 9.18 Å². The van der Waals surface area contributed by atoms with Crippen LogP contribution in [-0.4, -0.2) is 5.78 Å². The molecule has 0 bridgehead atoms.